The molecule has 2 N–H and O–H groups in total. The third-order valence-corrected chi connectivity index (χ3v) is 5.75. The molecular weight excluding hydrogens is 436 g/mol. The van der Waals surface area contributed by atoms with Gasteiger partial charge in [0.1, 0.15) is 21.8 Å². The van der Waals surface area contributed by atoms with Gasteiger partial charge in [-0.05, 0) is 46.8 Å². The highest BCUT2D eigenvalue weighted by molar-refractivity contribution is 9.10. The lowest BCUT2D eigenvalue weighted by atomic mass is 9.83. The number of carboxylic acid groups (broad SMARTS) is 1. The zero-order valence-electron chi connectivity index (χ0n) is 14.6. The first-order valence-corrected chi connectivity index (χ1v) is 9.70. The van der Waals surface area contributed by atoms with Gasteiger partial charge < -0.3 is 5.11 Å². The molecule has 0 aliphatic heterocycles. The highest BCUT2D eigenvalue weighted by Crippen LogP contribution is 2.37. The van der Waals surface area contributed by atoms with Crippen LogP contribution in [0.5, 0.6) is 0 Å². The molecule has 4 rings (SSSR count). The van der Waals surface area contributed by atoms with Crippen molar-refractivity contribution < 1.29 is 18.7 Å². The van der Waals surface area contributed by atoms with Gasteiger partial charge in [-0.25, -0.2) is 18.6 Å². The predicted octanol–water partition coefficient (Wildman–Crippen LogP) is 4.48. The third-order valence-electron chi connectivity index (χ3n) is 5.17. The summed E-state index contributed by atoms with van der Waals surface area (Å²) in [4.78, 5) is 28.0. The number of aromatic nitrogens is 3. The Balaban J connectivity index is 1.85. The SMILES string of the molecule is O=C(O)c1c(Br)[nH]n2c(=O)cc(-c3cc(F)c(C4CCCCC4)c(F)c3)nc12. The third kappa shape index (κ3) is 3.13. The van der Waals surface area contributed by atoms with Crippen LogP contribution in [0.3, 0.4) is 0 Å². The lowest BCUT2D eigenvalue weighted by molar-refractivity contribution is 0.0698. The Morgan fingerprint density at radius 1 is 1.18 bits per heavy atom. The Hall–Kier alpha value is -2.55. The van der Waals surface area contributed by atoms with E-state index >= 15 is 0 Å². The molecule has 28 heavy (non-hydrogen) atoms. The number of hydrogen-bond acceptors (Lipinski definition) is 3. The maximum Gasteiger partial charge on any atom is 0.342 e. The molecule has 9 heteroatoms. The van der Waals surface area contributed by atoms with Crippen LogP contribution in [0, 0.1) is 11.6 Å². The monoisotopic (exact) mass is 451 g/mol. The van der Waals surface area contributed by atoms with Crippen LogP contribution in [0.15, 0.2) is 27.6 Å². The van der Waals surface area contributed by atoms with Crippen molar-refractivity contribution in [1.82, 2.24) is 14.6 Å². The fourth-order valence-corrected chi connectivity index (χ4v) is 4.39. The molecule has 0 saturated heterocycles. The summed E-state index contributed by atoms with van der Waals surface area (Å²) in [5.41, 5.74) is -0.796. The van der Waals surface area contributed by atoms with Crippen LogP contribution in [0.4, 0.5) is 8.78 Å². The maximum atomic E-state index is 14.7. The largest absolute Gasteiger partial charge is 0.477 e. The lowest BCUT2D eigenvalue weighted by Crippen LogP contribution is -2.15. The first kappa shape index (κ1) is 18.8. The maximum absolute atomic E-state index is 14.7. The predicted molar refractivity (Wildman–Crippen MR) is 102 cm³/mol. The minimum atomic E-state index is -1.29. The quantitative estimate of drug-likeness (QED) is 0.614. The van der Waals surface area contributed by atoms with E-state index in [0.29, 0.717) is 0 Å². The molecule has 146 valence electrons. The molecule has 0 unspecified atom stereocenters. The zero-order valence-corrected chi connectivity index (χ0v) is 16.2. The van der Waals surface area contributed by atoms with Gasteiger partial charge in [-0.3, -0.25) is 9.89 Å². The van der Waals surface area contributed by atoms with Crippen molar-refractivity contribution in [1.29, 1.82) is 0 Å². The molecule has 1 fully saturated rings. The molecule has 1 aromatic carbocycles. The van der Waals surface area contributed by atoms with Gasteiger partial charge in [-0.15, -0.1) is 0 Å². The molecule has 1 aliphatic carbocycles. The molecule has 2 aromatic heterocycles. The second-order valence-electron chi connectivity index (χ2n) is 6.93. The number of benzene rings is 1. The van der Waals surface area contributed by atoms with E-state index in [0.717, 1.165) is 54.8 Å². The molecule has 6 nitrogen and oxygen atoms in total. The van der Waals surface area contributed by atoms with Crippen molar-refractivity contribution in [3.05, 3.63) is 55.9 Å². The number of halogens is 3. The van der Waals surface area contributed by atoms with Crippen LogP contribution in [0.1, 0.15) is 53.9 Å². The van der Waals surface area contributed by atoms with Crippen LogP contribution < -0.4 is 5.56 Å². The van der Waals surface area contributed by atoms with Crippen molar-refractivity contribution in [3.8, 4) is 11.3 Å². The van der Waals surface area contributed by atoms with Crippen LogP contribution >= 0.6 is 15.9 Å². The van der Waals surface area contributed by atoms with Gasteiger partial charge in [0.15, 0.2) is 5.65 Å². The smallest absolute Gasteiger partial charge is 0.342 e. The molecular formula is C19H16BrF2N3O3. The summed E-state index contributed by atoms with van der Waals surface area (Å²) >= 11 is 3.05. The summed E-state index contributed by atoms with van der Waals surface area (Å²) in [5.74, 6) is -2.78. The average molecular weight is 452 g/mol. The Labute approximate surface area is 166 Å². The fourth-order valence-electron chi connectivity index (χ4n) is 3.86. The second-order valence-corrected chi connectivity index (χ2v) is 7.73. The number of carboxylic acids is 1. The van der Waals surface area contributed by atoms with Crippen molar-refractivity contribution in [2.24, 2.45) is 0 Å². The average Bonchev–Trinajstić information content (AvgIpc) is 2.98. The minimum absolute atomic E-state index is 0.00648. The molecule has 0 atom stereocenters. The number of nitrogens with zero attached hydrogens (tertiary/aromatic N) is 2. The summed E-state index contributed by atoms with van der Waals surface area (Å²) in [7, 11) is 0. The van der Waals surface area contributed by atoms with E-state index in [4.69, 9.17) is 0 Å². The molecule has 2 heterocycles. The van der Waals surface area contributed by atoms with Gasteiger partial charge in [0.2, 0.25) is 0 Å². The van der Waals surface area contributed by atoms with Gasteiger partial charge in [0.05, 0.1) is 5.69 Å². The topological polar surface area (TPSA) is 87.5 Å². The van der Waals surface area contributed by atoms with E-state index in [-0.39, 0.29) is 38.6 Å². The molecule has 1 saturated carbocycles. The van der Waals surface area contributed by atoms with E-state index in [9.17, 15) is 23.5 Å². The Morgan fingerprint density at radius 3 is 2.43 bits per heavy atom. The minimum Gasteiger partial charge on any atom is -0.477 e. The number of hydrogen-bond donors (Lipinski definition) is 2. The first-order valence-electron chi connectivity index (χ1n) is 8.90. The summed E-state index contributed by atoms with van der Waals surface area (Å²) in [6, 6.07) is 3.43. The normalized spacial score (nSPS) is 15.2. The van der Waals surface area contributed by atoms with Crippen molar-refractivity contribution >= 4 is 27.5 Å². The first-order chi connectivity index (χ1) is 13.4. The van der Waals surface area contributed by atoms with Gasteiger partial charge in [0.25, 0.3) is 5.56 Å². The number of aromatic carboxylic acids is 1. The van der Waals surface area contributed by atoms with Crippen LogP contribution in [0.25, 0.3) is 16.9 Å². The Morgan fingerprint density at radius 2 is 1.82 bits per heavy atom. The van der Waals surface area contributed by atoms with E-state index in [1.54, 1.807) is 0 Å². The highest BCUT2D eigenvalue weighted by Gasteiger charge is 2.25. The lowest BCUT2D eigenvalue weighted by Gasteiger charge is -2.23. The number of nitrogens with one attached hydrogen (secondary N) is 1. The number of rotatable bonds is 3. The van der Waals surface area contributed by atoms with Gasteiger partial charge in [-0.2, -0.15) is 4.52 Å². The van der Waals surface area contributed by atoms with E-state index in [1.807, 2.05) is 0 Å². The molecule has 0 spiro atoms. The van der Waals surface area contributed by atoms with Gasteiger partial charge in [-0.1, -0.05) is 19.3 Å². The molecule has 0 amide bonds. The van der Waals surface area contributed by atoms with Gasteiger partial charge >= 0.3 is 5.97 Å². The van der Waals surface area contributed by atoms with Crippen LogP contribution in [-0.4, -0.2) is 25.7 Å². The summed E-state index contributed by atoms with van der Waals surface area (Å²) < 4.78 is 30.5. The van der Waals surface area contributed by atoms with E-state index in [2.05, 4.69) is 26.0 Å². The standard InChI is InChI=1S/C19H16BrF2N3O3/c20-17-16(19(27)28)18-23-13(8-14(26)25(18)24-17)10-6-11(21)15(12(22)7-10)9-4-2-1-3-5-9/h6-9,24H,1-5H2,(H,27,28). The Bertz CT molecular complexity index is 1130. The fraction of sp³-hybridized carbons (Fsp3) is 0.316. The van der Waals surface area contributed by atoms with Crippen LogP contribution in [-0.2, 0) is 0 Å². The second kappa shape index (κ2) is 7.12. The highest BCUT2D eigenvalue weighted by atomic mass is 79.9. The number of aromatic amines is 1. The summed E-state index contributed by atoms with van der Waals surface area (Å²) in [5, 5.41) is 11.9. The van der Waals surface area contributed by atoms with Crippen LogP contribution in [0.2, 0.25) is 0 Å². The van der Waals surface area contributed by atoms with E-state index < -0.39 is 23.2 Å². The molecule has 1 aliphatic rings. The summed E-state index contributed by atoms with van der Waals surface area (Å²) in [6.45, 7) is 0. The summed E-state index contributed by atoms with van der Waals surface area (Å²) in [6.07, 6.45) is 4.46. The number of H-pyrrole nitrogens is 1. The molecule has 3 aromatic rings. The Kier molecular flexibility index (Phi) is 4.78. The van der Waals surface area contributed by atoms with Crippen molar-refractivity contribution in [2.45, 2.75) is 38.0 Å². The zero-order chi connectivity index (χ0) is 20.0. The number of carbonyl (C=O) groups is 1. The molecule has 0 bridgehead atoms. The number of fused-ring (bicyclic) bond motifs is 1. The van der Waals surface area contributed by atoms with E-state index in [1.165, 1.54) is 0 Å². The van der Waals surface area contributed by atoms with Crippen molar-refractivity contribution in [3.63, 3.8) is 0 Å². The van der Waals surface area contributed by atoms with Gasteiger partial charge in [0, 0.05) is 17.2 Å². The van der Waals surface area contributed by atoms with Crippen molar-refractivity contribution in [2.75, 3.05) is 0 Å². The molecule has 0 radical (unpaired) electrons.